The summed E-state index contributed by atoms with van der Waals surface area (Å²) in [6, 6.07) is 4.82. The molecule has 0 aliphatic carbocycles. The zero-order valence-electron chi connectivity index (χ0n) is 12.7. The van der Waals surface area contributed by atoms with E-state index < -0.39 is 37.3 Å². The zero-order chi connectivity index (χ0) is 17.0. The van der Waals surface area contributed by atoms with Crippen molar-refractivity contribution in [1.82, 2.24) is 0 Å². The van der Waals surface area contributed by atoms with E-state index in [9.17, 15) is 15.3 Å². The van der Waals surface area contributed by atoms with Gasteiger partial charge in [-0.05, 0) is 12.1 Å². The molecule has 1 heterocycles. The molecule has 0 amide bonds. The van der Waals surface area contributed by atoms with E-state index in [1.54, 1.807) is 12.1 Å². The molecule has 4 N–H and O–H groups in total. The SMILES string of the molecule is COc1cccc(OO[C@@H]2O[C@H](CO)[C@@H](O)[C@H](O)[C@H]2O)c1OC. The molecule has 0 radical (unpaired) electrons. The van der Waals surface area contributed by atoms with E-state index in [0.717, 1.165) is 0 Å². The predicted octanol–water partition coefficient (Wildman–Crippen LogP) is -1.19. The van der Waals surface area contributed by atoms with Crippen LogP contribution in [0.2, 0.25) is 0 Å². The maximum absolute atomic E-state index is 9.85. The quantitative estimate of drug-likeness (QED) is 0.376. The highest BCUT2D eigenvalue weighted by atomic mass is 17.2. The molecular weight excluding hydrogens is 312 g/mol. The standard InChI is InChI=1S/C14H20O9/c1-19-7-4-3-5-8(13(7)20-2)22-23-14-12(18)11(17)10(16)9(6-15)21-14/h3-5,9-12,14-18H,6H2,1-2H3/t9-,10-,11+,12-,14+/m1/s1. The maximum atomic E-state index is 9.85. The number of para-hydroxylation sites is 1. The number of rotatable bonds is 6. The second-order valence-corrected chi connectivity index (χ2v) is 4.87. The number of hydrogen-bond donors (Lipinski definition) is 4. The van der Waals surface area contributed by atoms with Gasteiger partial charge in [0.25, 0.3) is 0 Å². The van der Waals surface area contributed by atoms with Gasteiger partial charge in [0.2, 0.25) is 17.8 Å². The first-order valence-electron chi connectivity index (χ1n) is 6.88. The number of ether oxygens (including phenoxy) is 3. The molecule has 0 spiro atoms. The van der Waals surface area contributed by atoms with Crippen LogP contribution in [0, 0.1) is 0 Å². The summed E-state index contributed by atoms with van der Waals surface area (Å²) < 4.78 is 15.4. The molecule has 0 bridgehead atoms. The molecule has 0 unspecified atom stereocenters. The van der Waals surface area contributed by atoms with Crippen molar-refractivity contribution in [3.63, 3.8) is 0 Å². The smallest absolute Gasteiger partial charge is 0.232 e. The van der Waals surface area contributed by atoms with Crippen molar-refractivity contribution in [2.24, 2.45) is 0 Å². The van der Waals surface area contributed by atoms with E-state index in [-0.39, 0.29) is 11.5 Å². The van der Waals surface area contributed by atoms with Crippen molar-refractivity contribution in [2.45, 2.75) is 30.7 Å². The Morgan fingerprint density at radius 2 is 1.70 bits per heavy atom. The van der Waals surface area contributed by atoms with Gasteiger partial charge >= 0.3 is 0 Å². The average molecular weight is 332 g/mol. The van der Waals surface area contributed by atoms with E-state index in [1.807, 2.05) is 0 Å². The Morgan fingerprint density at radius 3 is 2.30 bits per heavy atom. The minimum atomic E-state index is -1.57. The molecule has 1 fully saturated rings. The molecular formula is C14H20O9. The Morgan fingerprint density at radius 1 is 1.00 bits per heavy atom. The van der Waals surface area contributed by atoms with Crippen LogP contribution in [0.5, 0.6) is 17.2 Å². The highest BCUT2D eigenvalue weighted by Gasteiger charge is 2.45. The second kappa shape index (κ2) is 7.77. The van der Waals surface area contributed by atoms with Crippen molar-refractivity contribution in [3.8, 4) is 17.2 Å². The first kappa shape index (κ1) is 17.7. The highest BCUT2D eigenvalue weighted by Crippen LogP contribution is 2.37. The molecule has 1 aliphatic rings. The number of aliphatic hydroxyl groups excluding tert-OH is 4. The fourth-order valence-electron chi connectivity index (χ4n) is 2.17. The Hall–Kier alpha value is -1.62. The van der Waals surface area contributed by atoms with Crippen LogP contribution in [-0.4, -0.2) is 72.0 Å². The lowest BCUT2D eigenvalue weighted by molar-refractivity contribution is -0.387. The van der Waals surface area contributed by atoms with Gasteiger partial charge in [0.1, 0.15) is 24.4 Å². The number of methoxy groups -OCH3 is 2. The molecule has 1 saturated heterocycles. The van der Waals surface area contributed by atoms with Crippen LogP contribution < -0.4 is 14.4 Å². The molecule has 2 rings (SSSR count). The lowest BCUT2D eigenvalue weighted by Crippen LogP contribution is -2.59. The minimum Gasteiger partial charge on any atom is -0.493 e. The lowest BCUT2D eigenvalue weighted by atomic mass is 9.99. The van der Waals surface area contributed by atoms with E-state index in [4.69, 9.17) is 29.1 Å². The molecule has 9 nitrogen and oxygen atoms in total. The normalized spacial score (nSPS) is 30.8. The van der Waals surface area contributed by atoms with Gasteiger partial charge in [-0.1, -0.05) is 6.07 Å². The van der Waals surface area contributed by atoms with Crippen LogP contribution in [0.1, 0.15) is 0 Å². The maximum Gasteiger partial charge on any atom is 0.232 e. The molecule has 23 heavy (non-hydrogen) atoms. The molecule has 9 heteroatoms. The van der Waals surface area contributed by atoms with Gasteiger partial charge in [-0.25, -0.2) is 0 Å². The third-order valence-electron chi connectivity index (χ3n) is 3.45. The van der Waals surface area contributed by atoms with Crippen molar-refractivity contribution >= 4 is 0 Å². The fraction of sp³-hybridized carbons (Fsp3) is 0.571. The molecule has 1 aromatic rings. The summed E-state index contributed by atoms with van der Waals surface area (Å²) in [6.07, 6.45) is -7.09. The van der Waals surface area contributed by atoms with Gasteiger partial charge in [-0.3, -0.25) is 0 Å². The molecule has 0 aromatic heterocycles. The third kappa shape index (κ3) is 3.66. The summed E-state index contributed by atoms with van der Waals surface area (Å²) in [5.74, 6) is 0.825. The summed E-state index contributed by atoms with van der Waals surface area (Å²) in [7, 11) is 2.87. The van der Waals surface area contributed by atoms with Gasteiger partial charge in [0.05, 0.1) is 20.8 Å². The van der Waals surface area contributed by atoms with Crippen molar-refractivity contribution in [1.29, 1.82) is 0 Å². The molecule has 130 valence electrons. The van der Waals surface area contributed by atoms with Crippen LogP contribution >= 0.6 is 0 Å². The van der Waals surface area contributed by atoms with E-state index in [0.29, 0.717) is 5.75 Å². The summed E-state index contributed by atoms with van der Waals surface area (Å²) >= 11 is 0. The van der Waals surface area contributed by atoms with E-state index in [2.05, 4.69) is 0 Å². The van der Waals surface area contributed by atoms with Crippen LogP contribution in [0.15, 0.2) is 18.2 Å². The van der Waals surface area contributed by atoms with Crippen molar-refractivity contribution in [3.05, 3.63) is 18.2 Å². The summed E-state index contributed by atoms with van der Waals surface area (Å²) in [4.78, 5) is 10.1. The zero-order valence-corrected chi connectivity index (χ0v) is 12.7. The topological polar surface area (TPSA) is 127 Å². The Labute approximate surface area is 132 Å². The van der Waals surface area contributed by atoms with Gasteiger partial charge in [0, 0.05) is 0 Å². The Balaban J connectivity index is 2.08. The number of hydrogen-bond acceptors (Lipinski definition) is 9. The van der Waals surface area contributed by atoms with Gasteiger partial charge < -0.3 is 39.5 Å². The molecule has 0 saturated carbocycles. The average Bonchev–Trinajstić information content (AvgIpc) is 2.58. The van der Waals surface area contributed by atoms with Gasteiger partial charge in [-0.15, -0.1) is 0 Å². The highest BCUT2D eigenvalue weighted by molar-refractivity contribution is 5.50. The number of aliphatic hydroxyl groups is 4. The first-order chi connectivity index (χ1) is 11.0. The molecule has 1 aromatic carbocycles. The van der Waals surface area contributed by atoms with E-state index in [1.165, 1.54) is 20.3 Å². The fourth-order valence-corrected chi connectivity index (χ4v) is 2.17. The first-order valence-corrected chi connectivity index (χ1v) is 6.88. The van der Waals surface area contributed by atoms with E-state index >= 15 is 0 Å². The summed E-state index contributed by atoms with van der Waals surface area (Å²) in [5.41, 5.74) is 0. The van der Waals surface area contributed by atoms with Crippen molar-refractivity contribution in [2.75, 3.05) is 20.8 Å². The lowest BCUT2D eigenvalue weighted by Gasteiger charge is -2.38. The monoisotopic (exact) mass is 332 g/mol. The minimum absolute atomic E-state index is 0.156. The molecule has 1 aliphatic heterocycles. The van der Waals surface area contributed by atoms with Gasteiger partial charge in [0.15, 0.2) is 5.75 Å². The predicted molar refractivity (Wildman–Crippen MR) is 75.0 cm³/mol. The second-order valence-electron chi connectivity index (χ2n) is 4.87. The van der Waals surface area contributed by atoms with Crippen LogP contribution in [-0.2, 0) is 9.62 Å². The Bertz CT molecular complexity index is 507. The van der Waals surface area contributed by atoms with Gasteiger partial charge in [-0.2, -0.15) is 4.89 Å². The van der Waals surface area contributed by atoms with Crippen molar-refractivity contribution < 1.29 is 44.4 Å². The van der Waals surface area contributed by atoms with Crippen LogP contribution in [0.4, 0.5) is 0 Å². The van der Waals surface area contributed by atoms with Crippen LogP contribution in [0.25, 0.3) is 0 Å². The summed E-state index contributed by atoms with van der Waals surface area (Å²) in [5, 5.41) is 38.3. The number of benzene rings is 1. The molecule has 5 atom stereocenters. The Kier molecular flexibility index (Phi) is 5.99. The third-order valence-corrected chi connectivity index (χ3v) is 3.45. The van der Waals surface area contributed by atoms with Crippen LogP contribution in [0.3, 0.4) is 0 Å². The summed E-state index contributed by atoms with van der Waals surface area (Å²) in [6.45, 7) is -0.562. The largest absolute Gasteiger partial charge is 0.493 e.